The van der Waals surface area contributed by atoms with Gasteiger partial charge in [0.2, 0.25) is 5.91 Å². The standard InChI is InChI=1S/C12H16N4O5/c1-4-5-9(12(18)19)13-10(17)6-15-8(3)11(16(20)21)7(2)14-15/h4,9H,1,5-6H2,2-3H3,(H,13,17)(H,18,19). The van der Waals surface area contributed by atoms with Crippen molar-refractivity contribution < 1.29 is 19.6 Å². The van der Waals surface area contributed by atoms with E-state index in [1.165, 1.54) is 24.6 Å². The zero-order chi connectivity index (χ0) is 16.2. The fraction of sp³-hybridized carbons (Fsp3) is 0.417. The largest absolute Gasteiger partial charge is 0.480 e. The van der Waals surface area contributed by atoms with Crippen LogP contribution in [0.25, 0.3) is 0 Å². The number of nitro groups is 1. The van der Waals surface area contributed by atoms with Gasteiger partial charge < -0.3 is 10.4 Å². The topological polar surface area (TPSA) is 127 Å². The van der Waals surface area contributed by atoms with Crippen molar-refractivity contribution in [2.75, 3.05) is 0 Å². The Balaban J connectivity index is 2.84. The summed E-state index contributed by atoms with van der Waals surface area (Å²) in [6, 6.07) is -1.08. The van der Waals surface area contributed by atoms with Gasteiger partial charge in [0.25, 0.3) is 0 Å². The Morgan fingerprint density at radius 3 is 2.62 bits per heavy atom. The summed E-state index contributed by atoms with van der Waals surface area (Å²) in [5, 5.41) is 26.0. The molecule has 2 N–H and O–H groups in total. The first-order chi connectivity index (χ1) is 9.77. The summed E-state index contributed by atoms with van der Waals surface area (Å²) in [7, 11) is 0. The van der Waals surface area contributed by atoms with Gasteiger partial charge in [-0.2, -0.15) is 5.10 Å². The first-order valence-electron chi connectivity index (χ1n) is 6.09. The van der Waals surface area contributed by atoms with Gasteiger partial charge in [0.15, 0.2) is 0 Å². The third-order valence-corrected chi connectivity index (χ3v) is 2.85. The molecule has 1 unspecified atom stereocenters. The number of hydrogen-bond acceptors (Lipinski definition) is 5. The number of rotatable bonds is 7. The lowest BCUT2D eigenvalue weighted by Crippen LogP contribution is -2.42. The van der Waals surface area contributed by atoms with Crippen LogP contribution in [0.1, 0.15) is 17.8 Å². The smallest absolute Gasteiger partial charge is 0.326 e. The Hall–Kier alpha value is -2.71. The normalized spacial score (nSPS) is 11.7. The van der Waals surface area contributed by atoms with Crippen LogP contribution in [0.3, 0.4) is 0 Å². The summed E-state index contributed by atoms with van der Waals surface area (Å²) in [5.41, 5.74) is 0.290. The van der Waals surface area contributed by atoms with E-state index in [4.69, 9.17) is 5.11 Å². The van der Waals surface area contributed by atoms with Crippen molar-refractivity contribution in [2.24, 2.45) is 0 Å². The molecular weight excluding hydrogens is 280 g/mol. The number of carboxylic acid groups (broad SMARTS) is 1. The number of aryl methyl sites for hydroxylation is 1. The SMILES string of the molecule is C=CCC(NC(=O)Cn1nc(C)c([N+](=O)[O-])c1C)C(=O)O. The van der Waals surface area contributed by atoms with Gasteiger partial charge in [0, 0.05) is 0 Å². The van der Waals surface area contributed by atoms with Crippen molar-refractivity contribution in [3.8, 4) is 0 Å². The second kappa shape index (κ2) is 6.64. The molecule has 0 saturated carbocycles. The molecule has 0 radical (unpaired) electrons. The molecule has 1 aromatic heterocycles. The molecule has 0 fully saturated rings. The maximum atomic E-state index is 11.8. The van der Waals surface area contributed by atoms with Crippen LogP contribution in [0.15, 0.2) is 12.7 Å². The Morgan fingerprint density at radius 1 is 1.57 bits per heavy atom. The molecule has 0 bridgehead atoms. The molecule has 9 heteroatoms. The van der Waals surface area contributed by atoms with Crippen LogP contribution in [0.2, 0.25) is 0 Å². The van der Waals surface area contributed by atoms with Crippen LogP contribution in [0.4, 0.5) is 5.69 Å². The van der Waals surface area contributed by atoms with E-state index >= 15 is 0 Å². The average molecular weight is 296 g/mol. The van der Waals surface area contributed by atoms with E-state index in [-0.39, 0.29) is 30.0 Å². The Bertz CT molecular complexity index is 593. The maximum absolute atomic E-state index is 11.8. The van der Waals surface area contributed by atoms with Crippen molar-refractivity contribution in [2.45, 2.75) is 32.9 Å². The minimum atomic E-state index is -1.18. The van der Waals surface area contributed by atoms with Crippen molar-refractivity contribution in [1.29, 1.82) is 0 Å². The second-order valence-electron chi connectivity index (χ2n) is 4.42. The summed E-state index contributed by atoms with van der Waals surface area (Å²) in [5.74, 6) is -1.77. The van der Waals surface area contributed by atoms with E-state index < -0.39 is 22.8 Å². The van der Waals surface area contributed by atoms with Crippen LogP contribution >= 0.6 is 0 Å². The third-order valence-electron chi connectivity index (χ3n) is 2.85. The Morgan fingerprint density at radius 2 is 2.19 bits per heavy atom. The molecule has 21 heavy (non-hydrogen) atoms. The average Bonchev–Trinajstić information content (AvgIpc) is 2.63. The molecule has 0 saturated heterocycles. The van der Waals surface area contributed by atoms with Gasteiger partial charge in [-0.15, -0.1) is 6.58 Å². The number of amides is 1. The number of aromatic nitrogens is 2. The van der Waals surface area contributed by atoms with Gasteiger partial charge in [0.05, 0.1) is 4.92 Å². The van der Waals surface area contributed by atoms with E-state index in [9.17, 15) is 19.7 Å². The Labute approximate surface area is 120 Å². The minimum Gasteiger partial charge on any atom is -0.480 e. The highest BCUT2D eigenvalue weighted by Gasteiger charge is 2.24. The summed E-state index contributed by atoms with van der Waals surface area (Å²) in [6.07, 6.45) is 1.46. The van der Waals surface area contributed by atoms with Gasteiger partial charge in [-0.3, -0.25) is 19.6 Å². The molecule has 1 rings (SSSR count). The molecule has 1 amide bonds. The molecule has 9 nitrogen and oxygen atoms in total. The van der Waals surface area contributed by atoms with Crippen LogP contribution in [-0.2, 0) is 16.1 Å². The second-order valence-corrected chi connectivity index (χ2v) is 4.42. The lowest BCUT2D eigenvalue weighted by atomic mass is 10.2. The molecule has 1 atom stereocenters. The van der Waals surface area contributed by atoms with Crippen LogP contribution in [-0.4, -0.2) is 37.7 Å². The van der Waals surface area contributed by atoms with Gasteiger partial charge in [-0.05, 0) is 20.3 Å². The quantitative estimate of drug-likeness (QED) is 0.430. The fourth-order valence-corrected chi connectivity index (χ4v) is 1.87. The lowest BCUT2D eigenvalue weighted by Gasteiger charge is -2.12. The number of hydrogen-bond donors (Lipinski definition) is 2. The molecule has 0 aliphatic rings. The van der Waals surface area contributed by atoms with Gasteiger partial charge in [-0.1, -0.05) is 6.08 Å². The van der Waals surface area contributed by atoms with Crippen molar-refractivity contribution in [3.63, 3.8) is 0 Å². The number of carbonyl (C=O) groups is 2. The van der Waals surface area contributed by atoms with Crippen LogP contribution in [0, 0.1) is 24.0 Å². The van der Waals surface area contributed by atoms with Crippen LogP contribution in [0.5, 0.6) is 0 Å². The molecular formula is C12H16N4O5. The zero-order valence-corrected chi connectivity index (χ0v) is 11.7. The predicted octanol–water partition coefficient (Wildman–Crippen LogP) is 0.554. The van der Waals surface area contributed by atoms with Gasteiger partial charge >= 0.3 is 11.7 Å². The molecule has 114 valence electrons. The van der Waals surface area contributed by atoms with Crippen molar-refractivity contribution in [1.82, 2.24) is 15.1 Å². The van der Waals surface area contributed by atoms with E-state index in [0.717, 1.165) is 0 Å². The van der Waals surface area contributed by atoms with E-state index in [1.807, 2.05) is 0 Å². The summed E-state index contributed by atoms with van der Waals surface area (Å²) < 4.78 is 1.18. The first-order valence-corrected chi connectivity index (χ1v) is 6.09. The predicted molar refractivity (Wildman–Crippen MR) is 72.7 cm³/mol. The highest BCUT2D eigenvalue weighted by molar-refractivity contribution is 5.83. The molecule has 0 spiro atoms. The fourth-order valence-electron chi connectivity index (χ4n) is 1.87. The summed E-state index contributed by atoms with van der Waals surface area (Å²) in [4.78, 5) is 33.0. The van der Waals surface area contributed by atoms with E-state index in [2.05, 4.69) is 17.0 Å². The summed E-state index contributed by atoms with van der Waals surface area (Å²) >= 11 is 0. The van der Waals surface area contributed by atoms with Crippen molar-refractivity contribution >= 4 is 17.6 Å². The number of nitrogens with one attached hydrogen (secondary N) is 1. The zero-order valence-electron chi connectivity index (χ0n) is 11.7. The highest BCUT2D eigenvalue weighted by atomic mass is 16.6. The minimum absolute atomic E-state index is 0.0817. The first kappa shape index (κ1) is 16.3. The molecule has 0 aliphatic heterocycles. The highest BCUT2D eigenvalue weighted by Crippen LogP contribution is 2.21. The number of carbonyl (C=O) groups excluding carboxylic acids is 1. The van der Waals surface area contributed by atoms with Gasteiger partial charge in [0.1, 0.15) is 24.0 Å². The van der Waals surface area contributed by atoms with Gasteiger partial charge in [-0.25, -0.2) is 4.79 Å². The van der Waals surface area contributed by atoms with E-state index in [1.54, 1.807) is 0 Å². The molecule has 0 aliphatic carbocycles. The monoisotopic (exact) mass is 296 g/mol. The van der Waals surface area contributed by atoms with Crippen LogP contribution < -0.4 is 5.32 Å². The molecule has 1 heterocycles. The number of nitrogens with zero attached hydrogens (tertiary/aromatic N) is 3. The maximum Gasteiger partial charge on any atom is 0.326 e. The van der Waals surface area contributed by atoms with E-state index in [0.29, 0.717) is 0 Å². The lowest BCUT2D eigenvalue weighted by molar-refractivity contribution is -0.386. The Kier molecular flexibility index (Phi) is 5.17. The third kappa shape index (κ3) is 3.88. The number of aliphatic carboxylic acids is 1. The molecule has 0 aromatic carbocycles. The summed E-state index contributed by atoms with van der Waals surface area (Å²) in [6.45, 7) is 6.07. The number of carboxylic acids is 1. The van der Waals surface area contributed by atoms with Crippen molar-refractivity contribution in [3.05, 3.63) is 34.2 Å². The molecule has 1 aromatic rings.